The van der Waals surface area contributed by atoms with Crippen molar-refractivity contribution in [2.45, 2.75) is 32.2 Å². The Hall–Kier alpha value is -1.15. The van der Waals surface area contributed by atoms with Crippen molar-refractivity contribution in [1.29, 1.82) is 0 Å². The zero-order chi connectivity index (χ0) is 10.7. The van der Waals surface area contributed by atoms with Crippen molar-refractivity contribution in [3.63, 3.8) is 0 Å². The Labute approximate surface area is 90.7 Å². The first-order chi connectivity index (χ1) is 7.29. The number of nitrogens with one attached hydrogen (secondary N) is 1. The van der Waals surface area contributed by atoms with Crippen LogP contribution in [0.1, 0.15) is 48.1 Å². The fraction of sp³-hybridized carbons (Fsp3) is 0.462. The molecule has 1 fully saturated rings. The molecule has 0 saturated carbocycles. The Bertz CT molecular complexity index is 353. The van der Waals surface area contributed by atoms with E-state index in [0.717, 1.165) is 18.5 Å². The summed E-state index contributed by atoms with van der Waals surface area (Å²) < 4.78 is 0. The van der Waals surface area contributed by atoms with Gasteiger partial charge in [-0.15, -0.1) is 0 Å². The summed E-state index contributed by atoms with van der Waals surface area (Å²) in [5.74, 6) is 0.165. The van der Waals surface area contributed by atoms with Gasteiger partial charge in [0.25, 0.3) is 0 Å². The molecular weight excluding hydrogens is 186 g/mol. The zero-order valence-electron chi connectivity index (χ0n) is 9.12. The molecule has 0 aliphatic carbocycles. The molecule has 1 aromatic carbocycles. The van der Waals surface area contributed by atoms with Crippen molar-refractivity contribution in [1.82, 2.24) is 5.32 Å². The first kappa shape index (κ1) is 10.4. The van der Waals surface area contributed by atoms with E-state index >= 15 is 0 Å². The lowest BCUT2D eigenvalue weighted by molar-refractivity contribution is 0.101. The lowest BCUT2D eigenvalue weighted by Gasteiger charge is -2.25. The van der Waals surface area contributed by atoms with Crippen LogP contribution in [-0.2, 0) is 0 Å². The molecular formula is C13H17NO. The fourth-order valence-corrected chi connectivity index (χ4v) is 2.24. The number of hydrogen-bond donors (Lipinski definition) is 1. The summed E-state index contributed by atoms with van der Waals surface area (Å²) in [7, 11) is 0. The molecule has 1 saturated heterocycles. The predicted octanol–water partition coefficient (Wildman–Crippen LogP) is 2.70. The summed E-state index contributed by atoms with van der Waals surface area (Å²) in [4.78, 5) is 11.5. The van der Waals surface area contributed by atoms with Gasteiger partial charge in [-0.2, -0.15) is 0 Å². The van der Waals surface area contributed by atoms with Crippen LogP contribution < -0.4 is 5.32 Å². The van der Waals surface area contributed by atoms with E-state index < -0.39 is 0 Å². The van der Waals surface area contributed by atoms with E-state index in [1.807, 2.05) is 18.2 Å². The van der Waals surface area contributed by atoms with E-state index in [1.165, 1.54) is 18.4 Å². The first-order valence-corrected chi connectivity index (χ1v) is 5.62. The average molecular weight is 203 g/mol. The summed E-state index contributed by atoms with van der Waals surface area (Å²) in [6, 6.07) is 8.31. The van der Waals surface area contributed by atoms with Crippen LogP contribution in [0.3, 0.4) is 0 Å². The highest BCUT2D eigenvalue weighted by atomic mass is 16.1. The Morgan fingerprint density at radius 3 is 2.80 bits per heavy atom. The van der Waals surface area contributed by atoms with Gasteiger partial charge in [0.15, 0.2) is 5.78 Å². The number of carbonyl (C=O) groups excluding carboxylic acids is 1. The van der Waals surface area contributed by atoms with Crippen molar-refractivity contribution >= 4 is 5.78 Å². The highest BCUT2D eigenvalue weighted by Gasteiger charge is 2.18. The Balaban J connectivity index is 2.29. The molecule has 1 aliphatic heterocycles. The SMILES string of the molecule is CC(=O)c1ccccc1C1CCCCN1. The van der Waals surface area contributed by atoms with Crippen LogP contribution >= 0.6 is 0 Å². The van der Waals surface area contributed by atoms with Gasteiger partial charge in [0.05, 0.1) is 0 Å². The van der Waals surface area contributed by atoms with Gasteiger partial charge in [-0.3, -0.25) is 4.79 Å². The second kappa shape index (κ2) is 4.58. The van der Waals surface area contributed by atoms with Gasteiger partial charge in [0, 0.05) is 11.6 Å². The van der Waals surface area contributed by atoms with Crippen LogP contribution in [0.5, 0.6) is 0 Å². The quantitative estimate of drug-likeness (QED) is 0.749. The minimum Gasteiger partial charge on any atom is -0.310 e. The van der Waals surface area contributed by atoms with Crippen LogP contribution in [0.25, 0.3) is 0 Å². The average Bonchev–Trinajstić information content (AvgIpc) is 2.30. The van der Waals surface area contributed by atoms with Gasteiger partial charge in [0.2, 0.25) is 0 Å². The van der Waals surface area contributed by atoms with Crippen LogP contribution in [0, 0.1) is 0 Å². The van der Waals surface area contributed by atoms with Crippen molar-refractivity contribution in [2.75, 3.05) is 6.54 Å². The topological polar surface area (TPSA) is 29.1 Å². The van der Waals surface area contributed by atoms with E-state index in [4.69, 9.17) is 0 Å². The van der Waals surface area contributed by atoms with Gasteiger partial charge in [-0.05, 0) is 31.9 Å². The molecule has 1 N–H and O–H groups in total. The maximum Gasteiger partial charge on any atom is 0.160 e. The van der Waals surface area contributed by atoms with Crippen LogP contribution in [0.15, 0.2) is 24.3 Å². The van der Waals surface area contributed by atoms with Crippen molar-refractivity contribution in [2.24, 2.45) is 0 Å². The number of ketones is 1. The minimum atomic E-state index is 0.165. The summed E-state index contributed by atoms with van der Waals surface area (Å²) in [6.45, 7) is 2.71. The van der Waals surface area contributed by atoms with Crippen LogP contribution in [-0.4, -0.2) is 12.3 Å². The third-order valence-corrected chi connectivity index (χ3v) is 3.03. The fourth-order valence-electron chi connectivity index (χ4n) is 2.24. The number of rotatable bonds is 2. The molecule has 0 radical (unpaired) electrons. The third-order valence-electron chi connectivity index (χ3n) is 3.03. The van der Waals surface area contributed by atoms with Gasteiger partial charge >= 0.3 is 0 Å². The monoisotopic (exact) mass is 203 g/mol. The maximum atomic E-state index is 11.5. The van der Waals surface area contributed by atoms with Gasteiger partial charge in [-0.1, -0.05) is 30.7 Å². The standard InChI is InChI=1S/C13H17NO/c1-10(15)11-6-2-3-7-12(11)13-8-4-5-9-14-13/h2-3,6-7,13-14H,4-5,8-9H2,1H3. The lowest BCUT2D eigenvalue weighted by Crippen LogP contribution is -2.27. The predicted molar refractivity (Wildman–Crippen MR) is 61.0 cm³/mol. The van der Waals surface area contributed by atoms with Crippen LogP contribution in [0.2, 0.25) is 0 Å². The van der Waals surface area contributed by atoms with Gasteiger partial charge in [0.1, 0.15) is 0 Å². The maximum absolute atomic E-state index is 11.5. The molecule has 2 rings (SSSR count). The second-order valence-corrected chi connectivity index (χ2v) is 4.15. The second-order valence-electron chi connectivity index (χ2n) is 4.15. The van der Waals surface area contributed by atoms with E-state index in [9.17, 15) is 4.79 Å². The van der Waals surface area contributed by atoms with E-state index in [-0.39, 0.29) is 5.78 Å². The minimum absolute atomic E-state index is 0.165. The van der Waals surface area contributed by atoms with Crippen molar-refractivity contribution in [3.8, 4) is 0 Å². The van der Waals surface area contributed by atoms with E-state index in [1.54, 1.807) is 6.92 Å². The molecule has 80 valence electrons. The molecule has 2 heteroatoms. The molecule has 1 aliphatic rings. The molecule has 1 unspecified atom stereocenters. The number of benzene rings is 1. The molecule has 15 heavy (non-hydrogen) atoms. The molecule has 1 aromatic rings. The van der Waals surface area contributed by atoms with E-state index in [0.29, 0.717) is 6.04 Å². The normalized spacial score (nSPS) is 21.3. The third kappa shape index (κ3) is 2.26. The summed E-state index contributed by atoms with van der Waals surface area (Å²) in [5.41, 5.74) is 2.04. The van der Waals surface area contributed by atoms with Crippen molar-refractivity contribution in [3.05, 3.63) is 35.4 Å². The van der Waals surface area contributed by atoms with Crippen molar-refractivity contribution < 1.29 is 4.79 Å². The molecule has 1 atom stereocenters. The number of carbonyl (C=O) groups is 1. The molecule has 0 spiro atoms. The summed E-state index contributed by atoms with van der Waals surface area (Å²) in [5, 5.41) is 3.48. The molecule has 2 nitrogen and oxygen atoms in total. The van der Waals surface area contributed by atoms with E-state index in [2.05, 4.69) is 11.4 Å². The Morgan fingerprint density at radius 2 is 2.13 bits per heavy atom. The highest BCUT2D eigenvalue weighted by Crippen LogP contribution is 2.25. The molecule has 0 aromatic heterocycles. The Morgan fingerprint density at radius 1 is 1.33 bits per heavy atom. The van der Waals surface area contributed by atoms with Crippen LogP contribution in [0.4, 0.5) is 0 Å². The Kier molecular flexibility index (Phi) is 3.17. The molecule has 1 heterocycles. The number of piperidine rings is 1. The first-order valence-electron chi connectivity index (χ1n) is 5.62. The largest absolute Gasteiger partial charge is 0.310 e. The highest BCUT2D eigenvalue weighted by molar-refractivity contribution is 5.95. The van der Waals surface area contributed by atoms with Gasteiger partial charge in [-0.25, -0.2) is 0 Å². The lowest BCUT2D eigenvalue weighted by atomic mass is 9.92. The summed E-state index contributed by atoms with van der Waals surface area (Å²) >= 11 is 0. The zero-order valence-corrected chi connectivity index (χ0v) is 9.12. The van der Waals surface area contributed by atoms with Gasteiger partial charge < -0.3 is 5.32 Å². The molecule has 0 bridgehead atoms. The summed E-state index contributed by atoms with van der Waals surface area (Å²) in [6.07, 6.45) is 3.65. The molecule has 0 amide bonds. The number of Topliss-reactive ketones (excluding diaryl/α,β-unsaturated/α-hetero) is 1. The smallest absolute Gasteiger partial charge is 0.160 e. The number of hydrogen-bond acceptors (Lipinski definition) is 2.